The summed E-state index contributed by atoms with van der Waals surface area (Å²) in [4.78, 5) is 20.6. The predicted octanol–water partition coefficient (Wildman–Crippen LogP) is 2.85. The van der Waals surface area contributed by atoms with Crippen molar-refractivity contribution < 1.29 is 9.53 Å². The number of amides is 1. The molecule has 0 radical (unpaired) electrons. The van der Waals surface area contributed by atoms with Crippen LogP contribution >= 0.6 is 11.3 Å². The van der Waals surface area contributed by atoms with Crippen LogP contribution in [0, 0.1) is 6.92 Å². The van der Waals surface area contributed by atoms with Crippen molar-refractivity contribution in [3.8, 4) is 10.6 Å². The molecule has 1 aliphatic heterocycles. The molecule has 1 atom stereocenters. The molecule has 3 aromatic rings. The van der Waals surface area contributed by atoms with Crippen LogP contribution in [0.5, 0.6) is 0 Å². The van der Waals surface area contributed by atoms with Crippen molar-refractivity contribution in [3.63, 3.8) is 0 Å². The number of hydrogen-bond acceptors (Lipinski definition) is 6. The van der Waals surface area contributed by atoms with E-state index >= 15 is 0 Å². The number of carbonyl (C=O) groups excluding carboxylic acids is 1. The van der Waals surface area contributed by atoms with Crippen molar-refractivity contribution in [1.29, 1.82) is 0 Å². The first kappa shape index (κ1) is 17.8. The van der Waals surface area contributed by atoms with E-state index in [0.717, 1.165) is 21.7 Å². The number of nitrogens with one attached hydrogen (secondary N) is 2. The topological polar surface area (TPSA) is 83.1 Å². The standard InChI is InChI=1S/C19H21N5O2S/c1-13-16(15-5-3-11-27-15)22-23-18(13)21-19(25)17(14-4-2-6-20-12-14)24-7-9-26-10-8-24/h2-6,11-12,17H,7-10H2,1H3,(H2,21,22,23,25). The maximum Gasteiger partial charge on any atom is 0.247 e. The number of carbonyl (C=O) groups is 1. The number of thiophene rings is 1. The second-order valence-electron chi connectivity index (χ2n) is 6.38. The summed E-state index contributed by atoms with van der Waals surface area (Å²) in [5.41, 5.74) is 2.73. The number of ether oxygens (including phenoxy) is 1. The van der Waals surface area contributed by atoms with Crippen LogP contribution in [0.1, 0.15) is 17.2 Å². The molecular formula is C19H21N5O2S. The van der Waals surface area contributed by atoms with Crippen LogP contribution in [0.4, 0.5) is 5.82 Å². The van der Waals surface area contributed by atoms with Gasteiger partial charge in [-0.1, -0.05) is 12.1 Å². The fourth-order valence-electron chi connectivity index (χ4n) is 3.27. The Hall–Kier alpha value is -2.55. The SMILES string of the molecule is Cc1c(NC(=O)C(c2cccnc2)N2CCOCC2)n[nH]c1-c1cccs1. The van der Waals surface area contributed by atoms with Crippen LogP contribution < -0.4 is 5.32 Å². The molecule has 0 aromatic carbocycles. The quantitative estimate of drug-likeness (QED) is 0.708. The van der Waals surface area contributed by atoms with Gasteiger partial charge >= 0.3 is 0 Å². The maximum atomic E-state index is 13.2. The highest BCUT2D eigenvalue weighted by Crippen LogP contribution is 2.30. The summed E-state index contributed by atoms with van der Waals surface area (Å²) in [6.45, 7) is 4.60. The summed E-state index contributed by atoms with van der Waals surface area (Å²) in [5.74, 6) is 0.447. The average molecular weight is 383 g/mol. The highest BCUT2D eigenvalue weighted by molar-refractivity contribution is 7.13. The Labute approximate surface area is 161 Å². The predicted molar refractivity (Wildman–Crippen MR) is 105 cm³/mol. The normalized spacial score (nSPS) is 16.2. The Morgan fingerprint density at radius 1 is 1.33 bits per heavy atom. The zero-order valence-electron chi connectivity index (χ0n) is 15.0. The molecule has 140 valence electrons. The lowest BCUT2D eigenvalue weighted by Crippen LogP contribution is -2.44. The number of aromatic nitrogens is 3. The summed E-state index contributed by atoms with van der Waals surface area (Å²) in [5, 5.41) is 12.4. The molecule has 0 spiro atoms. The zero-order valence-corrected chi connectivity index (χ0v) is 15.8. The summed E-state index contributed by atoms with van der Waals surface area (Å²) >= 11 is 1.63. The van der Waals surface area contributed by atoms with Gasteiger partial charge in [0.15, 0.2) is 5.82 Å². The van der Waals surface area contributed by atoms with Gasteiger partial charge in [-0.3, -0.25) is 19.8 Å². The molecule has 0 bridgehead atoms. The molecule has 7 nitrogen and oxygen atoms in total. The van der Waals surface area contributed by atoms with Gasteiger partial charge in [0.2, 0.25) is 5.91 Å². The van der Waals surface area contributed by atoms with E-state index in [0.29, 0.717) is 32.1 Å². The van der Waals surface area contributed by atoms with Gasteiger partial charge in [0.25, 0.3) is 0 Å². The van der Waals surface area contributed by atoms with Crippen molar-refractivity contribution in [1.82, 2.24) is 20.1 Å². The lowest BCUT2D eigenvalue weighted by atomic mass is 10.1. The van der Waals surface area contributed by atoms with Crippen molar-refractivity contribution in [3.05, 3.63) is 53.2 Å². The number of morpholine rings is 1. The largest absolute Gasteiger partial charge is 0.379 e. The molecule has 4 heterocycles. The first-order chi connectivity index (χ1) is 13.2. The average Bonchev–Trinajstić information content (AvgIpc) is 3.34. The fraction of sp³-hybridized carbons (Fsp3) is 0.316. The third-order valence-corrected chi connectivity index (χ3v) is 5.57. The van der Waals surface area contributed by atoms with E-state index in [4.69, 9.17) is 4.74 Å². The second kappa shape index (κ2) is 7.99. The fourth-order valence-corrected chi connectivity index (χ4v) is 4.04. The molecule has 8 heteroatoms. The van der Waals surface area contributed by atoms with Crippen molar-refractivity contribution >= 4 is 23.1 Å². The van der Waals surface area contributed by atoms with Gasteiger partial charge in [0.1, 0.15) is 6.04 Å². The molecule has 3 aromatic heterocycles. The van der Waals surface area contributed by atoms with Gasteiger partial charge in [0, 0.05) is 31.0 Å². The summed E-state index contributed by atoms with van der Waals surface area (Å²) < 4.78 is 5.44. The number of anilines is 1. The molecule has 0 aliphatic carbocycles. The molecule has 2 N–H and O–H groups in total. The number of aromatic amines is 1. The van der Waals surface area contributed by atoms with E-state index in [2.05, 4.69) is 25.4 Å². The lowest BCUT2D eigenvalue weighted by molar-refractivity contribution is -0.123. The first-order valence-corrected chi connectivity index (χ1v) is 9.73. The monoisotopic (exact) mass is 383 g/mol. The number of H-pyrrole nitrogens is 1. The number of pyridine rings is 1. The molecule has 0 saturated carbocycles. The Morgan fingerprint density at radius 2 is 2.19 bits per heavy atom. The maximum absolute atomic E-state index is 13.2. The van der Waals surface area contributed by atoms with E-state index in [-0.39, 0.29) is 5.91 Å². The Kier molecular flexibility index (Phi) is 5.28. The van der Waals surface area contributed by atoms with Crippen LogP contribution in [0.15, 0.2) is 42.0 Å². The Balaban J connectivity index is 1.59. The second-order valence-corrected chi connectivity index (χ2v) is 7.32. The molecule has 1 fully saturated rings. The summed E-state index contributed by atoms with van der Waals surface area (Å²) in [6.07, 6.45) is 3.46. The first-order valence-electron chi connectivity index (χ1n) is 8.85. The molecule has 1 saturated heterocycles. The van der Waals surface area contributed by atoms with Crippen LogP contribution in [0.2, 0.25) is 0 Å². The number of rotatable bonds is 5. The van der Waals surface area contributed by atoms with Crippen molar-refractivity contribution in [2.24, 2.45) is 0 Å². The van der Waals surface area contributed by atoms with Gasteiger partial charge in [-0.2, -0.15) is 5.10 Å². The molecule has 1 aliphatic rings. The summed E-state index contributed by atoms with van der Waals surface area (Å²) in [6, 6.07) is 7.38. The van der Waals surface area contributed by atoms with Crippen molar-refractivity contribution in [2.75, 3.05) is 31.6 Å². The highest BCUT2D eigenvalue weighted by Gasteiger charge is 2.30. The lowest BCUT2D eigenvalue weighted by Gasteiger charge is -2.33. The Bertz CT molecular complexity index is 888. The minimum atomic E-state index is -0.427. The summed E-state index contributed by atoms with van der Waals surface area (Å²) in [7, 11) is 0. The van der Waals surface area contributed by atoms with E-state index in [1.54, 1.807) is 23.7 Å². The number of hydrogen-bond donors (Lipinski definition) is 2. The van der Waals surface area contributed by atoms with Gasteiger partial charge in [0.05, 0.1) is 23.8 Å². The van der Waals surface area contributed by atoms with Gasteiger partial charge < -0.3 is 10.1 Å². The minimum Gasteiger partial charge on any atom is -0.379 e. The van der Waals surface area contributed by atoms with E-state index in [1.807, 2.05) is 36.6 Å². The molecule has 1 amide bonds. The Morgan fingerprint density at radius 3 is 2.89 bits per heavy atom. The zero-order chi connectivity index (χ0) is 18.6. The molecule has 27 heavy (non-hydrogen) atoms. The minimum absolute atomic E-state index is 0.114. The third-order valence-electron chi connectivity index (χ3n) is 4.68. The van der Waals surface area contributed by atoms with Crippen LogP contribution in [0.25, 0.3) is 10.6 Å². The van der Waals surface area contributed by atoms with Gasteiger partial charge in [-0.25, -0.2) is 0 Å². The van der Waals surface area contributed by atoms with E-state index in [1.165, 1.54) is 0 Å². The van der Waals surface area contributed by atoms with Crippen molar-refractivity contribution in [2.45, 2.75) is 13.0 Å². The highest BCUT2D eigenvalue weighted by atomic mass is 32.1. The third kappa shape index (κ3) is 3.78. The van der Waals surface area contributed by atoms with E-state index in [9.17, 15) is 4.79 Å². The van der Waals surface area contributed by atoms with Crippen LogP contribution in [-0.4, -0.2) is 52.3 Å². The number of nitrogens with zero attached hydrogens (tertiary/aromatic N) is 3. The van der Waals surface area contributed by atoms with Crippen LogP contribution in [-0.2, 0) is 9.53 Å². The van der Waals surface area contributed by atoms with Crippen LogP contribution in [0.3, 0.4) is 0 Å². The smallest absolute Gasteiger partial charge is 0.247 e. The molecular weight excluding hydrogens is 362 g/mol. The molecule has 1 unspecified atom stereocenters. The van der Waals surface area contributed by atoms with Gasteiger partial charge in [-0.05, 0) is 30.0 Å². The molecule has 4 rings (SSSR count). The van der Waals surface area contributed by atoms with Gasteiger partial charge in [-0.15, -0.1) is 11.3 Å². The van der Waals surface area contributed by atoms with E-state index < -0.39 is 6.04 Å².